The van der Waals surface area contributed by atoms with Crippen LogP contribution in [0.25, 0.3) is 0 Å². The molecule has 2 atom stereocenters. The Kier molecular flexibility index (Phi) is 6.68. The normalized spacial score (nSPS) is 19.7. The Morgan fingerprint density at radius 1 is 1.36 bits per heavy atom. The number of nitrogens with zero attached hydrogens (tertiary/aromatic N) is 1. The number of sulfonamides is 1. The number of urea groups is 1. The molecule has 7 nitrogen and oxygen atoms in total. The van der Waals surface area contributed by atoms with Crippen molar-refractivity contribution in [3.63, 3.8) is 0 Å². The van der Waals surface area contributed by atoms with Crippen molar-refractivity contribution in [2.45, 2.75) is 18.5 Å². The van der Waals surface area contributed by atoms with E-state index in [1.807, 2.05) is 0 Å². The fraction of sp³-hybridized carbons (Fsp3) is 0.533. The van der Waals surface area contributed by atoms with Gasteiger partial charge in [0.1, 0.15) is 6.04 Å². The van der Waals surface area contributed by atoms with Crippen molar-refractivity contribution in [2.24, 2.45) is 0 Å². The Labute approximate surface area is 145 Å². The van der Waals surface area contributed by atoms with Gasteiger partial charge in [-0.1, -0.05) is 30.3 Å². The summed E-state index contributed by atoms with van der Waals surface area (Å²) in [6.45, 7) is 0.526. The van der Waals surface area contributed by atoms with E-state index in [0.717, 1.165) is 6.26 Å². The first-order valence-electron chi connectivity index (χ1n) is 7.70. The number of halogens is 2. The van der Waals surface area contributed by atoms with E-state index in [-0.39, 0.29) is 26.3 Å². The van der Waals surface area contributed by atoms with Crippen LogP contribution in [-0.4, -0.2) is 64.4 Å². The van der Waals surface area contributed by atoms with E-state index in [1.54, 1.807) is 18.2 Å². The second-order valence-electron chi connectivity index (χ2n) is 5.72. The maximum atomic E-state index is 13.4. The molecule has 2 N–H and O–H groups in total. The molecule has 1 aromatic rings. The molecule has 0 bridgehead atoms. The maximum absolute atomic E-state index is 13.4. The molecule has 1 saturated heterocycles. The number of benzene rings is 1. The summed E-state index contributed by atoms with van der Waals surface area (Å²) >= 11 is 0. The highest BCUT2D eigenvalue weighted by Crippen LogP contribution is 2.21. The lowest BCUT2D eigenvalue weighted by Gasteiger charge is -2.36. The van der Waals surface area contributed by atoms with Crippen LogP contribution >= 0.6 is 0 Å². The zero-order chi connectivity index (χ0) is 18.4. The second-order valence-corrected chi connectivity index (χ2v) is 7.55. The molecule has 1 fully saturated rings. The van der Waals surface area contributed by atoms with Crippen LogP contribution in [0.4, 0.5) is 13.6 Å². The first-order chi connectivity index (χ1) is 11.8. The second kappa shape index (κ2) is 8.54. The number of ether oxygens (including phenoxy) is 1. The minimum atomic E-state index is -3.44. The van der Waals surface area contributed by atoms with Gasteiger partial charge in [-0.25, -0.2) is 26.7 Å². The summed E-state index contributed by atoms with van der Waals surface area (Å²) in [6, 6.07) is 5.26. The van der Waals surface area contributed by atoms with E-state index < -0.39 is 34.6 Å². The topological polar surface area (TPSA) is 87.7 Å². The number of carbonyl (C=O) groups is 1. The van der Waals surface area contributed by atoms with Gasteiger partial charge in [0.15, 0.2) is 0 Å². The van der Waals surface area contributed by atoms with Crippen molar-refractivity contribution in [3.05, 3.63) is 35.9 Å². The van der Waals surface area contributed by atoms with Crippen molar-refractivity contribution < 1.29 is 26.7 Å². The molecule has 0 radical (unpaired) electrons. The molecular formula is C15H21F2N3O4S. The Morgan fingerprint density at radius 2 is 2.04 bits per heavy atom. The summed E-state index contributed by atoms with van der Waals surface area (Å²) in [5, 5.41) is 2.33. The number of nitrogens with one attached hydrogen (secondary N) is 2. The zero-order valence-corrected chi connectivity index (χ0v) is 14.5. The Bertz CT molecular complexity index is 673. The van der Waals surface area contributed by atoms with Crippen LogP contribution in [0.3, 0.4) is 0 Å². The summed E-state index contributed by atoms with van der Waals surface area (Å²) in [5.74, 6) is 0. The lowest BCUT2D eigenvalue weighted by atomic mass is 10.1. The highest BCUT2D eigenvalue weighted by atomic mass is 32.2. The zero-order valence-electron chi connectivity index (χ0n) is 13.7. The van der Waals surface area contributed by atoms with Crippen LogP contribution in [0.2, 0.25) is 0 Å². The van der Waals surface area contributed by atoms with Crippen LogP contribution < -0.4 is 10.0 Å². The molecule has 140 valence electrons. The Hall–Kier alpha value is -1.78. The quantitative estimate of drug-likeness (QED) is 0.773. The molecule has 2 unspecified atom stereocenters. The van der Waals surface area contributed by atoms with Crippen LogP contribution in [0.15, 0.2) is 30.3 Å². The Morgan fingerprint density at radius 3 is 2.64 bits per heavy atom. The first kappa shape index (κ1) is 19.5. The van der Waals surface area contributed by atoms with E-state index in [4.69, 9.17) is 4.74 Å². The minimum Gasteiger partial charge on any atom is -0.377 e. The standard InChI is InChI=1S/C15H21F2N3O4S/c1-25(22,23)18-9-12-10-24-8-7-20(12)15(21)19-13(14(16)17)11-5-3-2-4-6-11/h2-6,12-14,18H,7-10H2,1H3,(H,19,21). The average molecular weight is 377 g/mol. The molecule has 1 heterocycles. The van der Waals surface area contributed by atoms with Gasteiger partial charge in [-0.05, 0) is 5.56 Å². The van der Waals surface area contributed by atoms with Gasteiger partial charge < -0.3 is 15.0 Å². The highest BCUT2D eigenvalue weighted by Gasteiger charge is 2.32. The van der Waals surface area contributed by atoms with E-state index in [2.05, 4.69) is 10.0 Å². The van der Waals surface area contributed by atoms with E-state index >= 15 is 0 Å². The van der Waals surface area contributed by atoms with Gasteiger partial charge in [-0.15, -0.1) is 0 Å². The first-order valence-corrected chi connectivity index (χ1v) is 9.59. The average Bonchev–Trinajstić information content (AvgIpc) is 2.57. The molecule has 2 amide bonds. The summed E-state index contributed by atoms with van der Waals surface area (Å²) in [5.41, 5.74) is 0.296. The predicted octanol–water partition coefficient (Wildman–Crippen LogP) is 0.952. The summed E-state index contributed by atoms with van der Waals surface area (Å²) < 4.78 is 56.8. The van der Waals surface area contributed by atoms with Crippen LogP contribution in [0.5, 0.6) is 0 Å². The molecule has 25 heavy (non-hydrogen) atoms. The smallest absolute Gasteiger partial charge is 0.318 e. The van der Waals surface area contributed by atoms with E-state index in [9.17, 15) is 22.0 Å². The molecule has 0 saturated carbocycles. The third kappa shape index (κ3) is 5.91. The fourth-order valence-electron chi connectivity index (χ4n) is 2.51. The molecule has 2 rings (SSSR count). The Balaban J connectivity index is 2.07. The van der Waals surface area contributed by atoms with Crippen molar-refractivity contribution >= 4 is 16.1 Å². The molecular weight excluding hydrogens is 356 g/mol. The van der Waals surface area contributed by atoms with Crippen LogP contribution in [0, 0.1) is 0 Å². The molecule has 0 spiro atoms. The molecule has 10 heteroatoms. The van der Waals surface area contributed by atoms with Gasteiger partial charge in [0.2, 0.25) is 10.0 Å². The van der Waals surface area contributed by atoms with Gasteiger partial charge in [-0.3, -0.25) is 0 Å². The monoisotopic (exact) mass is 377 g/mol. The molecule has 1 aromatic carbocycles. The number of rotatable bonds is 6. The SMILES string of the molecule is CS(=O)(=O)NCC1COCCN1C(=O)NC(c1ccccc1)C(F)F. The van der Waals surface area contributed by atoms with Crippen molar-refractivity contribution in [2.75, 3.05) is 32.6 Å². The van der Waals surface area contributed by atoms with Crippen LogP contribution in [0.1, 0.15) is 11.6 Å². The number of carbonyl (C=O) groups excluding carboxylic acids is 1. The van der Waals surface area contributed by atoms with Crippen molar-refractivity contribution in [1.82, 2.24) is 14.9 Å². The third-order valence-electron chi connectivity index (χ3n) is 3.76. The largest absolute Gasteiger partial charge is 0.377 e. The van der Waals surface area contributed by atoms with Gasteiger partial charge in [0, 0.05) is 13.1 Å². The van der Waals surface area contributed by atoms with Gasteiger partial charge >= 0.3 is 6.03 Å². The fourth-order valence-corrected chi connectivity index (χ4v) is 3.00. The molecule has 1 aliphatic heterocycles. The number of hydrogen-bond acceptors (Lipinski definition) is 4. The van der Waals surface area contributed by atoms with Gasteiger partial charge in [-0.2, -0.15) is 0 Å². The van der Waals surface area contributed by atoms with Crippen molar-refractivity contribution in [3.8, 4) is 0 Å². The lowest BCUT2D eigenvalue weighted by Crippen LogP contribution is -2.57. The number of alkyl halides is 2. The number of hydrogen-bond donors (Lipinski definition) is 2. The van der Waals surface area contributed by atoms with Crippen LogP contribution in [-0.2, 0) is 14.8 Å². The lowest BCUT2D eigenvalue weighted by molar-refractivity contribution is 0.0113. The van der Waals surface area contributed by atoms with Gasteiger partial charge in [0.25, 0.3) is 6.43 Å². The van der Waals surface area contributed by atoms with E-state index in [0.29, 0.717) is 5.56 Å². The number of morpholine rings is 1. The third-order valence-corrected chi connectivity index (χ3v) is 4.45. The van der Waals surface area contributed by atoms with Crippen molar-refractivity contribution in [1.29, 1.82) is 0 Å². The summed E-state index contributed by atoms with van der Waals surface area (Å²) in [7, 11) is -3.44. The van der Waals surface area contributed by atoms with Gasteiger partial charge in [0.05, 0.1) is 25.5 Å². The highest BCUT2D eigenvalue weighted by molar-refractivity contribution is 7.88. The predicted molar refractivity (Wildman–Crippen MR) is 87.9 cm³/mol. The van der Waals surface area contributed by atoms with E-state index in [1.165, 1.54) is 17.0 Å². The summed E-state index contributed by atoms with van der Waals surface area (Å²) in [4.78, 5) is 13.8. The molecule has 1 aliphatic rings. The minimum absolute atomic E-state index is 0.0447. The number of amides is 2. The molecule has 0 aromatic heterocycles. The summed E-state index contributed by atoms with van der Waals surface area (Å²) in [6.07, 6.45) is -1.77. The maximum Gasteiger partial charge on any atom is 0.318 e. The molecule has 0 aliphatic carbocycles.